The molecule has 1 unspecified atom stereocenters. The lowest BCUT2D eigenvalue weighted by Crippen LogP contribution is -2.14. The van der Waals surface area contributed by atoms with E-state index in [1.165, 1.54) is 12.1 Å². The number of anilines is 1. The quantitative estimate of drug-likeness (QED) is 0.312. The first kappa shape index (κ1) is 16.9. The zero-order valence-corrected chi connectivity index (χ0v) is 12.2. The molecule has 6 nitrogen and oxygen atoms in total. The fourth-order valence-electron chi connectivity index (χ4n) is 2.40. The number of nitro groups is 1. The Morgan fingerprint density at radius 3 is 2.57 bits per heavy atom. The maximum absolute atomic E-state index is 11.4. The standard InChI is InChI=1S/C15H22N2O4/c1-2-3-4-5-6-8-12(15(18)19)11-9-7-10-13(14(11)16)17(20)21/h7,9-10,12H,2-6,8,16H2,1H3,(H,18,19). The number of rotatable bonds is 9. The number of nitrogens with zero attached hydrogens (tertiary/aromatic N) is 1. The van der Waals surface area contributed by atoms with Crippen molar-refractivity contribution in [3.05, 3.63) is 33.9 Å². The molecular formula is C15H22N2O4. The normalized spacial score (nSPS) is 12.0. The van der Waals surface area contributed by atoms with Crippen LogP contribution >= 0.6 is 0 Å². The van der Waals surface area contributed by atoms with Crippen molar-refractivity contribution in [2.75, 3.05) is 5.73 Å². The molecule has 116 valence electrons. The van der Waals surface area contributed by atoms with Gasteiger partial charge in [0.15, 0.2) is 0 Å². The fraction of sp³-hybridized carbons (Fsp3) is 0.533. The third kappa shape index (κ3) is 4.73. The Morgan fingerprint density at radius 1 is 1.33 bits per heavy atom. The number of benzene rings is 1. The summed E-state index contributed by atoms with van der Waals surface area (Å²) in [6.45, 7) is 2.11. The highest BCUT2D eigenvalue weighted by molar-refractivity contribution is 5.80. The van der Waals surface area contributed by atoms with E-state index in [0.717, 1.165) is 32.1 Å². The number of nitrogens with two attached hydrogens (primary N) is 1. The van der Waals surface area contributed by atoms with Gasteiger partial charge in [-0.25, -0.2) is 0 Å². The van der Waals surface area contributed by atoms with Crippen LogP contribution in [0, 0.1) is 10.1 Å². The Hall–Kier alpha value is -2.11. The van der Waals surface area contributed by atoms with E-state index < -0.39 is 16.8 Å². The van der Waals surface area contributed by atoms with Crippen molar-refractivity contribution in [3.8, 4) is 0 Å². The Morgan fingerprint density at radius 2 is 2.00 bits per heavy atom. The van der Waals surface area contributed by atoms with Crippen LogP contribution in [-0.4, -0.2) is 16.0 Å². The first-order valence-electron chi connectivity index (χ1n) is 7.24. The highest BCUT2D eigenvalue weighted by atomic mass is 16.6. The Labute approximate surface area is 124 Å². The van der Waals surface area contributed by atoms with Crippen molar-refractivity contribution in [2.45, 2.75) is 51.4 Å². The molecule has 0 amide bonds. The molecule has 0 aromatic heterocycles. The van der Waals surface area contributed by atoms with Gasteiger partial charge in [0.2, 0.25) is 0 Å². The SMILES string of the molecule is CCCCCCCC(C(=O)O)c1cccc([N+](=O)[O-])c1N. The number of hydrogen-bond acceptors (Lipinski definition) is 4. The number of hydrogen-bond donors (Lipinski definition) is 2. The number of carboxylic acid groups (broad SMARTS) is 1. The third-order valence-electron chi connectivity index (χ3n) is 3.58. The van der Waals surface area contributed by atoms with Gasteiger partial charge < -0.3 is 10.8 Å². The topological polar surface area (TPSA) is 106 Å². The molecule has 0 radical (unpaired) electrons. The van der Waals surface area contributed by atoms with E-state index in [4.69, 9.17) is 5.73 Å². The molecule has 6 heteroatoms. The molecule has 1 aromatic carbocycles. The van der Waals surface area contributed by atoms with Gasteiger partial charge in [0.1, 0.15) is 5.69 Å². The van der Waals surface area contributed by atoms with Crippen LogP contribution in [0.2, 0.25) is 0 Å². The number of nitro benzene ring substituents is 1. The lowest BCUT2D eigenvalue weighted by Gasteiger charge is -2.14. The van der Waals surface area contributed by atoms with Crippen molar-refractivity contribution >= 4 is 17.3 Å². The van der Waals surface area contributed by atoms with Crippen molar-refractivity contribution in [3.63, 3.8) is 0 Å². The molecular weight excluding hydrogens is 272 g/mol. The summed E-state index contributed by atoms with van der Waals surface area (Å²) >= 11 is 0. The molecule has 0 saturated heterocycles. The van der Waals surface area contributed by atoms with Gasteiger partial charge in [0.05, 0.1) is 10.8 Å². The summed E-state index contributed by atoms with van der Waals surface area (Å²) in [4.78, 5) is 21.7. The van der Waals surface area contributed by atoms with Crippen molar-refractivity contribution < 1.29 is 14.8 Å². The molecule has 1 rings (SSSR count). The van der Waals surface area contributed by atoms with Crippen LogP contribution in [0.4, 0.5) is 11.4 Å². The van der Waals surface area contributed by atoms with Gasteiger partial charge in [0.25, 0.3) is 5.69 Å². The highest BCUT2D eigenvalue weighted by Gasteiger charge is 2.25. The number of carbonyl (C=O) groups is 1. The van der Waals surface area contributed by atoms with E-state index in [1.54, 1.807) is 6.07 Å². The second kappa shape index (κ2) is 8.24. The summed E-state index contributed by atoms with van der Waals surface area (Å²) < 4.78 is 0. The van der Waals surface area contributed by atoms with E-state index >= 15 is 0 Å². The summed E-state index contributed by atoms with van der Waals surface area (Å²) in [5.41, 5.74) is 5.84. The van der Waals surface area contributed by atoms with Crippen LogP contribution in [0.15, 0.2) is 18.2 Å². The Bertz CT molecular complexity index is 502. The van der Waals surface area contributed by atoms with E-state index in [0.29, 0.717) is 12.0 Å². The molecule has 1 atom stereocenters. The summed E-state index contributed by atoms with van der Waals surface area (Å²) in [6.07, 6.45) is 5.53. The first-order chi connectivity index (χ1) is 9.99. The number of carboxylic acids is 1. The van der Waals surface area contributed by atoms with Gasteiger partial charge in [-0.1, -0.05) is 51.2 Å². The largest absolute Gasteiger partial charge is 0.481 e. The zero-order chi connectivity index (χ0) is 15.8. The maximum Gasteiger partial charge on any atom is 0.311 e. The highest BCUT2D eigenvalue weighted by Crippen LogP contribution is 2.33. The molecule has 0 heterocycles. The van der Waals surface area contributed by atoms with Gasteiger partial charge >= 0.3 is 5.97 Å². The predicted molar refractivity (Wildman–Crippen MR) is 81.3 cm³/mol. The zero-order valence-electron chi connectivity index (χ0n) is 12.2. The van der Waals surface area contributed by atoms with Crippen molar-refractivity contribution in [1.82, 2.24) is 0 Å². The van der Waals surface area contributed by atoms with Gasteiger partial charge in [0, 0.05) is 6.07 Å². The first-order valence-corrected chi connectivity index (χ1v) is 7.24. The van der Waals surface area contributed by atoms with Gasteiger partial charge in [-0.15, -0.1) is 0 Å². The molecule has 0 aliphatic carbocycles. The smallest absolute Gasteiger partial charge is 0.311 e. The fourth-order valence-corrected chi connectivity index (χ4v) is 2.40. The Balaban J connectivity index is 2.84. The van der Waals surface area contributed by atoms with Crippen LogP contribution in [0.1, 0.15) is 56.9 Å². The van der Waals surface area contributed by atoms with Crippen molar-refractivity contribution in [1.29, 1.82) is 0 Å². The summed E-state index contributed by atoms with van der Waals surface area (Å²) in [5, 5.41) is 20.2. The molecule has 0 aliphatic heterocycles. The molecule has 3 N–H and O–H groups in total. The second-order valence-electron chi connectivity index (χ2n) is 5.13. The molecule has 0 aliphatic rings. The second-order valence-corrected chi connectivity index (χ2v) is 5.13. The maximum atomic E-state index is 11.4. The van der Waals surface area contributed by atoms with Gasteiger partial charge in [-0.2, -0.15) is 0 Å². The molecule has 0 spiro atoms. The van der Waals surface area contributed by atoms with Crippen LogP contribution in [0.3, 0.4) is 0 Å². The average molecular weight is 294 g/mol. The Kier molecular flexibility index (Phi) is 6.65. The van der Waals surface area contributed by atoms with Crippen LogP contribution in [-0.2, 0) is 4.79 Å². The molecule has 21 heavy (non-hydrogen) atoms. The van der Waals surface area contributed by atoms with E-state index in [2.05, 4.69) is 6.92 Å². The van der Waals surface area contributed by atoms with Crippen LogP contribution in [0.25, 0.3) is 0 Å². The van der Waals surface area contributed by atoms with E-state index in [9.17, 15) is 20.0 Å². The summed E-state index contributed by atoms with van der Waals surface area (Å²) in [5.74, 6) is -1.77. The molecule has 0 bridgehead atoms. The van der Waals surface area contributed by atoms with E-state index in [-0.39, 0.29) is 11.4 Å². The number of para-hydroxylation sites is 1. The summed E-state index contributed by atoms with van der Waals surface area (Å²) in [7, 11) is 0. The lowest BCUT2D eigenvalue weighted by atomic mass is 9.91. The molecule has 0 saturated carbocycles. The minimum Gasteiger partial charge on any atom is -0.481 e. The minimum atomic E-state index is -0.988. The molecule has 0 fully saturated rings. The van der Waals surface area contributed by atoms with Crippen LogP contribution < -0.4 is 5.73 Å². The monoisotopic (exact) mass is 294 g/mol. The summed E-state index contributed by atoms with van der Waals surface area (Å²) in [6, 6.07) is 4.34. The van der Waals surface area contributed by atoms with E-state index in [1.807, 2.05) is 0 Å². The third-order valence-corrected chi connectivity index (χ3v) is 3.58. The van der Waals surface area contributed by atoms with Gasteiger partial charge in [-0.05, 0) is 12.0 Å². The average Bonchev–Trinajstić information content (AvgIpc) is 2.43. The van der Waals surface area contributed by atoms with Crippen LogP contribution in [0.5, 0.6) is 0 Å². The lowest BCUT2D eigenvalue weighted by molar-refractivity contribution is -0.383. The molecule has 1 aromatic rings. The van der Waals surface area contributed by atoms with Crippen molar-refractivity contribution in [2.24, 2.45) is 0 Å². The number of aliphatic carboxylic acids is 1. The minimum absolute atomic E-state index is 0.0385. The number of unbranched alkanes of at least 4 members (excludes halogenated alkanes) is 4. The predicted octanol–water partition coefficient (Wildman–Crippen LogP) is 3.71. The number of nitrogen functional groups attached to an aromatic ring is 1. The van der Waals surface area contributed by atoms with Gasteiger partial charge in [-0.3, -0.25) is 14.9 Å².